The summed E-state index contributed by atoms with van der Waals surface area (Å²) in [5, 5.41) is 8.92. The Morgan fingerprint density at radius 1 is 1.32 bits per heavy atom. The first kappa shape index (κ1) is 15.2. The summed E-state index contributed by atoms with van der Waals surface area (Å²) in [6, 6.07) is 8.08. The molecule has 0 saturated carbocycles. The zero-order valence-corrected chi connectivity index (χ0v) is 11.1. The van der Waals surface area contributed by atoms with Crippen molar-refractivity contribution in [2.75, 3.05) is 11.4 Å². The first-order valence-electron chi connectivity index (χ1n) is 6.40. The summed E-state index contributed by atoms with van der Waals surface area (Å²) >= 11 is 0. The minimum atomic E-state index is -1.06. The van der Waals surface area contributed by atoms with Gasteiger partial charge in [-0.15, -0.1) is 0 Å². The van der Waals surface area contributed by atoms with Gasteiger partial charge in [-0.05, 0) is 18.6 Å². The molecule has 0 fully saturated rings. The molecule has 1 aromatic carbocycles. The summed E-state index contributed by atoms with van der Waals surface area (Å²) in [6.07, 6.45) is 2.37. The highest BCUT2D eigenvalue weighted by atomic mass is 16.4. The lowest BCUT2D eigenvalue weighted by Crippen LogP contribution is -2.46. The van der Waals surface area contributed by atoms with E-state index in [1.54, 1.807) is 24.3 Å². The third-order valence-corrected chi connectivity index (χ3v) is 2.81. The molecule has 1 atom stereocenters. The molecule has 1 rings (SSSR count). The predicted octanol–water partition coefficient (Wildman–Crippen LogP) is 1.62. The molecule has 104 valence electrons. The maximum absolute atomic E-state index is 12.2. The van der Waals surface area contributed by atoms with Crippen LogP contribution in [0.3, 0.4) is 0 Å². The van der Waals surface area contributed by atoms with Gasteiger partial charge >= 0.3 is 5.97 Å². The van der Waals surface area contributed by atoms with Crippen molar-refractivity contribution < 1.29 is 14.7 Å². The summed E-state index contributed by atoms with van der Waals surface area (Å²) in [6.45, 7) is 1.64. The molecular weight excluding hydrogens is 244 g/mol. The molecule has 1 aromatic rings. The third kappa shape index (κ3) is 4.71. The number of hydrogen-bond acceptors (Lipinski definition) is 3. The Kier molecular flexibility index (Phi) is 6.02. The summed E-state index contributed by atoms with van der Waals surface area (Å²) in [7, 11) is 0. The average Bonchev–Trinajstić information content (AvgIpc) is 2.42. The van der Waals surface area contributed by atoms with E-state index in [2.05, 4.69) is 0 Å². The monoisotopic (exact) mass is 264 g/mol. The Bertz CT molecular complexity index is 420. The lowest BCUT2D eigenvalue weighted by atomic mass is 10.1. The molecule has 0 aliphatic carbocycles. The summed E-state index contributed by atoms with van der Waals surface area (Å²) in [5.41, 5.74) is 6.39. The smallest absolute Gasteiger partial charge is 0.323 e. The van der Waals surface area contributed by atoms with Crippen LogP contribution < -0.4 is 10.6 Å². The fourth-order valence-corrected chi connectivity index (χ4v) is 1.79. The molecule has 0 saturated heterocycles. The molecule has 0 spiro atoms. The number of carboxylic acid groups (broad SMARTS) is 1. The Balaban J connectivity index is 2.85. The van der Waals surface area contributed by atoms with Gasteiger partial charge in [0.05, 0.1) is 6.04 Å². The Morgan fingerprint density at radius 3 is 2.47 bits per heavy atom. The van der Waals surface area contributed by atoms with Crippen LogP contribution in [0.15, 0.2) is 30.3 Å². The van der Waals surface area contributed by atoms with E-state index >= 15 is 0 Å². The molecule has 5 heteroatoms. The van der Waals surface area contributed by atoms with Gasteiger partial charge < -0.3 is 10.8 Å². The highest BCUT2D eigenvalue weighted by Crippen LogP contribution is 2.15. The number of anilines is 1. The number of benzene rings is 1. The van der Waals surface area contributed by atoms with E-state index in [9.17, 15) is 9.59 Å². The van der Waals surface area contributed by atoms with Crippen molar-refractivity contribution in [3.63, 3.8) is 0 Å². The zero-order chi connectivity index (χ0) is 14.3. The van der Waals surface area contributed by atoms with E-state index in [1.807, 2.05) is 13.0 Å². The summed E-state index contributed by atoms with van der Waals surface area (Å²) in [5.74, 6) is -1.40. The minimum Gasteiger partial charge on any atom is -0.480 e. The van der Waals surface area contributed by atoms with Crippen molar-refractivity contribution in [2.24, 2.45) is 5.73 Å². The van der Waals surface area contributed by atoms with Gasteiger partial charge in [0.2, 0.25) is 5.91 Å². The highest BCUT2D eigenvalue weighted by molar-refractivity contribution is 6.00. The van der Waals surface area contributed by atoms with E-state index in [-0.39, 0.29) is 12.5 Å². The average molecular weight is 264 g/mol. The SMILES string of the molecule is CCCCC(N)C(=O)N(CC(=O)O)c1ccccc1. The molecule has 1 amide bonds. The van der Waals surface area contributed by atoms with Crippen LogP contribution in [0, 0.1) is 0 Å². The topological polar surface area (TPSA) is 83.6 Å². The van der Waals surface area contributed by atoms with Crippen LogP contribution >= 0.6 is 0 Å². The molecule has 0 aromatic heterocycles. The van der Waals surface area contributed by atoms with Crippen LogP contribution in [0.1, 0.15) is 26.2 Å². The van der Waals surface area contributed by atoms with E-state index in [0.29, 0.717) is 12.1 Å². The predicted molar refractivity (Wildman–Crippen MR) is 73.9 cm³/mol. The first-order valence-corrected chi connectivity index (χ1v) is 6.40. The maximum Gasteiger partial charge on any atom is 0.323 e. The minimum absolute atomic E-state index is 0.345. The summed E-state index contributed by atoms with van der Waals surface area (Å²) < 4.78 is 0. The van der Waals surface area contributed by atoms with Crippen LogP contribution in [0.4, 0.5) is 5.69 Å². The third-order valence-electron chi connectivity index (χ3n) is 2.81. The number of para-hydroxylation sites is 1. The second-order valence-electron chi connectivity index (χ2n) is 4.40. The number of nitrogens with zero attached hydrogens (tertiary/aromatic N) is 1. The van der Waals surface area contributed by atoms with Crippen LogP contribution in [0.2, 0.25) is 0 Å². The fraction of sp³-hybridized carbons (Fsp3) is 0.429. The van der Waals surface area contributed by atoms with Gasteiger partial charge in [-0.3, -0.25) is 14.5 Å². The van der Waals surface area contributed by atoms with Crippen LogP contribution in [0.25, 0.3) is 0 Å². The molecule has 1 unspecified atom stereocenters. The van der Waals surface area contributed by atoms with Gasteiger partial charge in [0, 0.05) is 5.69 Å². The maximum atomic E-state index is 12.2. The molecule has 0 aliphatic rings. The first-order chi connectivity index (χ1) is 9.06. The molecule has 5 nitrogen and oxygen atoms in total. The fourth-order valence-electron chi connectivity index (χ4n) is 1.79. The van der Waals surface area contributed by atoms with Crippen molar-refractivity contribution >= 4 is 17.6 Å². The van der Waals surface area contributed by atoms with Crippen molar-refractivity contribution in [2.45, 2.75) is 32.2 Å². The van der Waals surface area contributed by atoms with E-state index < -0.39 is 12.0 Å². The van der Waals surface area contributed by atoms with Crippen LogP contribution in [-0.4, -0.2) is 29.6 Å². The van der Waals surface area contributed by atoms with Crippen molar-refractivity contribution in [1.82, 2.24) is 0 Å². The zero-order valence-electron chi connectivity index (χ0n) is 11.1. The standard InChI is InChI=1S/C14H20N2O3/c1-2-3-9-12(15)14(19)16(10-13(17)18)11-7-5-4-6-8-11/h4-8,12H,2-3,9-10,15H2,1H3,(H,17,18). The molecule has 19 heavy (non-hydrogen) atoms. The molecule has 0 aliphatic heterocycles. The Morgan fingerprint density at radius 2 is 1.95 bits per heavy atom. The van der Waals surface area contributed by atoms with Crippen molar-refractivity contribution in [1.29, 1.82) is 0 Å². The van der Waals surface area contributed by atoms with Gasteiger partial charge in [0.15, 0.2) is 0 Å². The molecule has 0 radical (unpaired) electrons. The Hall–Kier alpha value is -1.88. The van der Waals surface area contributed by atoms with Crippen molar-refractivity contribution in [3.05, 3.63) is 30.3 Å². The van der Waals surface area contributed by atoms with E-state index in [4.69, 9.17) is 10.8 Å². The van der Waals surface area contributed by atoms with E-state index in [1.165, 1.54) is 4.90 Å². The number of aliphatic carboxylic acids is 1. The van der Waals surface area contributed by atoms with E-state index in [0.717, 1.165) is 12.8 Å². The number of nitrogens with two attached hydrogens (primary N) is 1. The van der Waals surface area contributed by atoms with Gasteiger partial charge in [-0.25, -0.2) is 0 Å². The number of carboxylic acids is 1. The van der Waals surface area contributed by atoms with Gasteiger partial charge in [0.25, 0.3) is 0 Å². The van der Waals surface area contributed by atoms with Gasteiger partial charge in [0.1, 0.15) is 6.54 Å². The Labute approximate surface area is 113 Å². The number of carbonyl (C=O) groups excluding carboxylic acids is 1. The van der Waals surface area contributed by atoms with Crippen LogP contribution in [0.5, 0.6) is 0 Å². The number of rotatable bonds is 7. The van der Waals surface area contributed by atoms with Crippen molar-refractivity contribution in [3.8, 4) is 0 Å². The molecule has 0 heterocycles. The molecule has 3 N–H and O–H groups in total. The number of unbranched alkanes of at least 4 members (excludes halogenated alkanes) is 1. The normalized spacial score (nSPS) is 11.9. The number of hydrogen-bond donors (Lipinski definition) is 2. The van der Waals surface area contributed by atoms with Gasteiger partial charge in [-0.1, -0.05) is 38.0 Å². The van der Waals surface area contributed by atoms with Crippen LogP contribution in [-0.2, 0) is 9.59 Å². The second kappa shape index (κ2) is 7.53. The lowest BCUT2D eigenvalue weighted by molar-refractivity contribution is -0.136. The largest absolute Gasteiger partial charge is 0.480 e. The number of carbonyl (C=O) groups is 2. The highest BCUT2D eigenvalue weighted by Gasteiger charge is 2.23. The molecular formula is C14H20N2O3. The quantitative estimate of drug-likeness (QED) is 0.784. The number of amides is 1. The lowest BCUT2D eigenvalue weighted by Gasteiger charge is -2.24. The summed E-state index contributed by atoms with van der Waals surface area (Å²) in [4.78, 5) is 24.3. The second-order valence-corrected chi connectivity index (χ2v) is 4.40. The molecule has 0 bridgehead atoms. The van der Waals surface area contributed by atoms with Gasteiger partial charge in [-0.2, -0.15) is 0 Å².